The Morgan fingerprint density at radius 1 is 0.667 bits per heavy atom. The molecular formula is C36H52ClF3NO10-. The highest BCUT2D eigenvalue weighted by Crippen LogP contribution is 2.12. The van der Waals surface area contributed by atoms with E-state index in [9.17, 15) is 32.3 Å². The number of aliphatic carboxylic acids is 1. The Labute approximate surface area is 304 Å². The van der Waals surface area contributed by atoms with Gasteiger partial charge in [0.25, 0.3) is 0 Å². The van der Waals surface area contributed by atoms with E-state index in [-0.39, 0.29) is 107 Å². The molecule has 2 aromatic rings. The first-order valence-corrected chi connectivity index (χ1v) is 15.8. The van der Waals surface area contributed by atoms with Gasteiger partial charge in [-0.2, -0.15) is 13.2 Å². The minimum Gasteiger partial charge on any atom is -1.00 e. The van der Waals surface area contributed by atoms with Crippen molar-refractivity contribution in [3.63, 3.8) is 0 Å². The van der Waals surface area contributed by atoms with E-state index in [1.54, 1.807) is 0 Å². The Bertz CT molecular complexity index is 1180. The number of hydrogen-bond donors (Lipinski definition) is 1. The van der Waals surface area contributed by atoms with Gasteiger partial charge >= 0.3 is 30.1 Å². The number of benzene rings is 2. The van der Waals surface area contributed by atoms with Crippen molar-refractivity contribution in [1.82, 2.24) is 0 Å². The van der Waals surface area contributed by atoms with Crippen LogP contribution in [-0.4, -0.2) is 55.3 Å². The number of hydrogen-bond acceptors (Lipinski definition) is 10. The summed E-state index contributed by atoms with van der Waals surface area (Å²) in [6.45, 7) is 10.7. The lowest BCUT2D eigenvalue weighted by atomic mass is 9.99. The number of rotatable bonds is 16. The van der Waals surface area contributed by atoms with E-state index in [1.807, 2.05) is 95.3 Å². The van der Waals surface area contributed by atoms with Crippen LogP contribution in [0, 0.1) is 17.8 Å². The summed E-state index contributed by atoms with van der Waals surface area (Å²) in [6.07, 6.45) is -3.74. The van der Waals surface area contributed by atoms with Crippen molar-refractivity contribution in [2.24, 2.45) is 17.8 Å². The summed E-state index contributed by atoms with van der Waals surface area (Å²) >= 11 is 0. The third-order valence-electron chi connectivity index (χ3n) is 6.74. The summed E-state index contributed by atoms with van der Waals surface area (Å²) in [5.41, 5.74) is 5.66. The number of alkyl halides is 3. The zero-order valence-electron chi connectivity index (χ0n) is 29.0. The van der Waals surface area contributed by atoms with Gasteiger partial charge in [0.05, 0.1) is 19.1 Å². The lowest BCUT2D eigenvalue weighted by Crippen LogP contribution is -3.00. The average molecular weight is 751 g/mol. The zero-order chi connectivity index (χ0) is 37.4. The summed E-state index contributed by atoms with van der Waals surface area (Å²) in [7, 11) is 0. The van der Waals surface area contributed by atoms with Gasteiger partial charge in [0.2, 0.25) is 0 Å². The first-order chi connectivity index (χ1) is 22.9. The van der Waals surface area contributed by atoms with E-state index in [0.717, 1.165) is 11.1 Å². The van der Waals surface area contributed by atoms with Crippen molar-refractivity contribution in [2.75, 3.05) is 13.2 Å². The van der Waals surface area contributed by atoms with Crippen LogP contribution in [0.4, 0.5) is 13.2 Å². The van der Waals surface area contributed by atoms with Crippen molar-refractivity contribution in [2.45, 2.75) is 93.2 Å². The van der Waals surface area contributed by atoms with Crippen molar-refractivity contribution >= 4 is 29.8 Å². The monoisotopic (exact) mass is 750 g/mol. The Balaban J connectivity index is -0.000000737. The summed E-state index contributed by atoms with van der Waals surface area (Å²) in [6, 6.07) is 18.7. The summed E-state index contributed by atoms with van der Waals surface area (Å²) in [5, 5.41) is 8.78. The van der Waals surface area contributed by atoms with E-state index in [0.29, 0.717) is 12.8 Å². The van der Waals surface area contributed by atoms with Gasteiger partial charge in [0, 0.05) is 18.8 Å². The standard InChI is InChI=1S/C17H24O4.C16H23NO4.C2HF3O2.CH4.ClH/c1-13(2)14(3)17(19)20-11-7-10-16(18)21-12-15-8-5-4-6-9-15;1-12(2)15(17)16(19)20-10-6-9-14(18)21-11-13-7-4-3-5-8-13;3-2(4,5)1(6)7;;/h4-6,8-9,13-14H,7,10-12H2,1-3H3;3-5,7-8,12,15H,6,9-11,17H2,1-2H3;(H,6,7);1H4;1H/p-1/t14-;15-;;;/m00.../s1. The zero-order valence-corrected chi connectivity index (χ0v) is 29.8. The number of carboxylic acid groups (broad SMARTS) is 1. The van der Waals surface area contributed by atoms with Crippen molar-refractivity contribution in [3.8, 4) is 0 Å². The maximum absolute atomic E-state index is 11.6. The van der Waals surface area contributed by atoms with Crippen LogP contribution in [0.2, 0.25) is 0 Å². The molecule has 51 heavy (non-hydrogen) atoms. The van der Waals surface area contributed by atoms with Crippen LogP contribution in [0.15, 0.2) is 60.7 Å². The third-order valence-corrected chi connectivity index (χ3v) is 6.74. The fraction of sp³-hybridized carbons (Fsp3) is 0.528. The van der Waals surface area contributed by atoms with Crippen LogP contribution in [0.3, 0.4) is 0 Å². The van der Waals surface area contributed by atoms with Gasteiger partial charge in [0.15, 0.2) is 6.04 Å². The molecule has 0 heterocycles. The summed E-state index contributed by atoms with van der Waals surface area (Å²) in [4.78, 5) is 55.0. The highest BCUT2D eigenvalue weighted by Gasteiger charge is 2.29. The number of esters is 4. The fourth-order valence-corrected chi connectivity index (χ4v) is 3.18. The number of ether oxygens (including phenoxy) is 4. The molecule has 2 aromatic carbocycles. The first kappa shape index (κ1) is 51.2. The van der Waals surface area contributed by atoms with Crippen molar-refractivity contribution in [1.29, 1.82) is 0 Å². The van der Waals surface area contributed by atoms with Gasteiger partial charge in [-0.05, 0) is 29.9 Å². The van der Waals surface area contributed by atoms with Crippen LogP contribution >= 0.6 is 0 Å². The number of quaternary nitrogens is 1. The lowest BCUT2D eigenvalue weighted by molar-refractivity contribution is -0.418. The molecule has 0 aliphatic carbocycles. The van der Waals surface area contributed by atoms with Gasteiger partial charge < -0.3 is 47.0 Å². The lowest BCUT2D eigenvalue weighted by Gasteiger charge is -2.14. The minimum absolute atomic E-state index is 0. The topological polar surface area (TPSA) is 173 Å². The first-order valence-electron chi connectivity index (χ1n) is 15.8. The third kappa shape index (κ3) is 26.3. The second-order valence-corrected chi connectivity index (χ2v) is 11.5. The Morgan fingerprint density at radius 2 is 1.02 bits per heavy atom. The van der Waals surface area contributed by atoms with Crippen molar-refractivity contribution < 1.29 is 79.3 Å². The predicted octanol–water partition coefficient (Wildman–Crippen LogP) is 1.60. The quantitative estimate of drug-likeness (QED) is 0.151. The molecule has 0 spiro atoms. The summed E-state index contributed by atoms with van der Waals surface area (Å²) in [5.74, 6) is -3.80. The Morgan fingerprint density at radius 3 is 1.33 bits per heavy atom. The van der Waals surface area contributed by atoms with E-state index < -0.39 is 12.1 Å². The highest BCUT2D eigenvalue weighted by molar-refractivity contribution is 5.74. The maximum atomic E-state index is 11.6. The Hall–Kier alpha value is -4.17. The average Bonchev–Trinajstić information content (AvgIpc) is 3.06. The molecule has 0 saturated carbocycles. The molecule has 0 aromatic heterocycles. The van der Waals surface area contributed by atoms with Crippen LogP contribution in [0.1, 0.15) is 78.9 Å². The number of carbonyl (C=O) groups is 5. The smallest absolute Gasteiger partial charge is 0.430 e. The molecule has 2 atom stereocenters. The minimum atomic E-state index is -5.19. The molecule has 2 rings (SSSR count). The van der Waals surface area contributed by atoms with Crippen LogP contribution in [-0.2, 0) is 56.1 Å². The van der Waals surface area contributed by atoms with E-state index >= 15 is 0 Å². The molecule has 11 nitrogen and oxygen atoms in total. The molecule has 0 saturated heterocycles. The van der Waals surface area contributed by atoms with E-state index in [4.69, 9.17) is 28.8 Å². The number of carboxylic acids is 1. The molecule has 0 aliphatic heterocycles. The molecule has 15 heteroatoms. The fourth-order valence-electron chi connectivity index (χ4n) is 3.18. The molecule has 0 unspecified atom stereocenters. The number of halogens is 4. The Kier molecular flexibility index (Phi) is 28.6. The molecule has 3 N–H and O–H groups in total. The summed E-state index contributed by atoms with van der Waals surface area (Å²) < 4.78 is 52.0. The molecule has 0 radical (unpaired) electrons. The second kappa shape index (κ2) is 28.5. The van der Waals surface area contributed by atoms with Gasteiger partial charge in [-0.15, -0.1) is 0 Å². The predicted molar refractivity (Wildman–Crippen MR) is 176 cm³/mol. The molecule has 0 fully saturated rings. The van der Waals surface area contributed by atoms with Gasteiger partial charge in [-0.1, -0.05) is 103 Å². The van der Waals surface area contributed by atoms with E-state index in [1.165, 1.54) is 0 Å². The van der Waals surface area contributed by atoms with E-state index in [2.05, 4.69) is 5.73 Å². The van der Waals surface area contributed by atoms with Crippen LogP contribution < -0.4 is 23.2 Å². The largest absolute Gasteiger partial charge is 1.00 e. The second-order valence-electron chi connectivity index (χ2n) is 11.5. The van der Waals surface area contributed by atoms with Crippen LogP contribution in [0.5, 0.6) is 0 Å². The molecule has 0 aliphatic rings. The molecule has 0 bridgehead atoms. The molecule has 290 valence electrons. The van der Waals surface area contributed by atoms with Gasteiger partial charge in [-0.3, -0.25) is 14.4 Å². The van der Waals surface area contributed by atoms with Gasteiger partial charge in [-0.25, -0.2) is 4.79 Å². The SMILES string of the molecule is C.CC(C)[C@H](C)C(=O)OCCCC(=O)OCc1ccccc1.CC(C)[C@H]([NH3+])C(=O)OCCCC(=O)OCc1ccccc1.O=C([O-])C(F)(F)F.[Cl-]. The normalized spacial score (nSPS) is 11.4. The van der Waals surface area contributed by atoms with Crippen LogP contribution in [0.25, 0.3) is 0 Å². The number of carbonyl (C=O) groups excluding carboxylic acids is 5. The molecular weight excluding hydrogens is 699 g/mol. The molecule has 0 amide bonds. The van der Waals surface area contributed by atoms with Gasteiger partial charge in [0.1, 0.15) is 19.2 Å². The highest BCUT2D eigenvalue weighted by atomic mass is 35.5. The maximum Gasteiger partial charge on any atom is 0.430 e. The van der Waals surface area contributed by atoms with Crippen molar-refractivity contribution in [3.05, 3.63) is 71.8 Å².